The average molecular weight is 426 g/mol. The summed E-state index contributed by atoms with van der Waals surface area (Å²) in [4.78, 5) is 3.55. The number of hydrogen-bond acceptors (Lipinski definition) is 5. The first-order valence-corrected chi connectivity index (χ1v) is 9.84. The Labute approximate surface area is 165 Å². The van der Waals surface area contributed by atoms with Gasteiger partial charge in [0.05, 0.1) is 22.8 Å². The Kier molecular flexibility index (Phi) is 5.62. The second-order valence-corrected chi connectivity index (χ2v) is 7.92. The zero-order valence-electron chi connectivity index (χ0n) is 15.4. The smallest absolute Gasteiger partial charge is 0.421 e. The molecule has 0 saturated carbocycles. The van der Waals surface area contributed by atoms with Gasteiger partial charge in [0.25, 0.3) is 0 Å². The van der Waals surface area contributed by atoms with E-state index in [4.69, 9.17) is 4.74 Å². The van der Waals surface area contributed by atoms with Gasteiger partial charge >= 0.3 is 6.18 Å². The first-order valence-electron chi connectivity index (χ1n) is 8.35. The number of rotatable bonds is 6. The lowest BCUT2D eigenvalue weighted by atomic mass is 10.2. The number of benzene rings is 1. The zero-order chi connectivity index (χ0) is 21.2. The molecule has 0 amide bonds. The van der Waals surface area contributed by atoms with E-state index in [9.17, 15) is 21.6 Å². The van der Waals surface area contributed by atoms with Gasteiger partial charge in [0.2, 0.25) is 15.9 Å². The van der Waals surface area contributed by atoms with Crippen molar-refractivity contribution in [3.8, 4) is 11.6 Å². The van der Waals surface area contributed by atoms with Crippen molar-refractivity contribution in [2.24, 2.45) is 7.05 Å². The Bertz CT molecular complexity index is 1110. The van der Waals surface area contributed by atoms with Crippen LogP contribution in [0.4, 0.5) is 13.2 Å². The Morgan fingerprint density at radius 2 is 1.86 bits per heavy atom. The summed E-state index contributed by atoms with van der Waals surface area (Å²) in [7, 11) is -2.13. The number of aromatic nitrogens is 3. The van der Waals surface area contributed by atoms with Gasteiger partial charge in [-0.05, 0) is 49.4 Å². The molecule has 0 aliphatic carbocycles. The number of sulfonamides is 1. The Balaban J connectivity index is 1.74. The van der Waals surface area contributed by atoms with Crippen molar-refractivity contribution in [3.05, 3.63) is 65.6 Å². The summed E-state index contributed by atoms with van der Waals surface area (Å²) in [6.07, 6.45) is -3.45. The predicted octanol–water partition coefficient (Wildman–Crippen LogP) is 3.41. The standard InChI is InChI=1S/C18H17F3N4O3S/c1-12-10-13(25(2)24-12)11-23-29(26,27)15-7-5-14(6-8-15)28-17-16(18(19,20)21)4-3-9-22-17/h3-10,23H,11H2,1-2H3. The summed E-state index contributed by atoms with van der Waals surface area (Å²) in [6.45, 7) is 1.84. The van der Waals surface area contributed by atoms with E-state index in [1.165, 1.54) is 30.5 Å². The fourth-order valence-electron chi connectivity index (χ4n) is 2.57. The third-order valence-corrected chi connectivity index (χ3v) is 5.38. The lowest BCUT2D eigenvalue weighted by molar-refractivity contribution is -0.138. The molecular weight excluding hydrogens is 409 g/mol. The van der Waals surface area contributed by atoms with Crippen LogP contribution in [0.2, 0.25) is 0 Å². The van der Waals surface area contributed by atoms with E-state index >= 15 is 0 Å². The first-order chi connectivity index (χ1) is 13.6. The van der Waals surface area contributed by atoms with Gasteiger partial charge in [-0.2, -0.15) is 18.3 Å². The fourth-order valence-corrected chi connectivity index (χ4v) is 3.57. The van der Waals surface area contributed by atoms with Crippen LogP contribution in [0.25, 0.3) is 0 Å². The van der Waals surface area contributed by atoms with E-state index in [0.29, 0.717) is 5.69 Å². The highest BCUT2D eigenvalue weighted by molar-refractivity contribution is 7.89. The van der Waals surface area contributed by atoms with Crippen molar-refractivity contribution in [2.75, 3.05) is 0 Å². The van der Waals surface area contributed by atoms with Crippen LogP contribution < -0.4 is 9.46 Å². The van der Waals surface area contributed by atoms with Crippen LogP contribution in [-0.4, -0.2) is 23.2 Å². The molecule has 154 valence electrons. The molecule has 0 bridgehead atoms. The molecule has 11 heteroatoms. The molecule has 0 spiro atoms. The normalized spacial score (nSPS) is 12.2. The van der Waals surface area contributed by atoms with Crippen molar-refractivity contribution < 1.29 is 26.3 Å². The molecule has 7 nitrogen and oxygen atoms in total. The lowest BCUT2D eigenvalue weighted by Gasteiger charge is -2.12. The predicted molar refractivity (Wildman–Crippen MR) is 97.7 cm³/mol. The van der Waals surface area contributed by atoms with E-state index in [1.54, 1.807) is 24.7 Å². The topological polar surface area (TPSA) is 86.1 Å². The van der Waals surface area contributed by atoms with Crippen molar-refractivity contribution >= 4 is 10.0 Å². The van der Waals surface area contributed by atoms with Gasteiger partial charge in [-0.3, -0.25) is 4.68 Å². The number of nitrogens with one attached hydrogen (secondary N) is 1. The highest BCUT2D eigenvalue weighted by Crippen LogP contribution is 2.36. The number of hydrogen-bond donors (Lipinski definition) is 1. The molecule has 0 aliphatic heterocycles. The van der Waals surface area contributed by atoms with Gasteiger partial charge in [-0.15, -0.1) is 0 Å². The summed E-state index contributed by atoms with van der Waals surface area (Å²) in [6, 6.07) is 8.76. The molecule has 2 heterocycles. The Hall–Kier alpha value is -2.92. The third kappa shape index (κ3) is 4.93. The van der Waals surface area contributed by atoms with Crippen LogP contribution in [0.3, 0.4) is 0 Å². The Morgan fingerprint density at radius 3 is 2.45 bits per heavy atom. The lowest BCUT2D eigenvalue weighted by Crippen LogP contribution is -2.24. The van der Waals surface area contributed by atoms with Gasteiger partial charge in [0.1, 0.15) is 11.3 Å². The number of ether oxygens (including phenoxy) is 1. The van der Waals surface area contributed by atoms with Crippen LogP contribution in [-0.2, 0) is 29.8 Å². The summed E-state index contributed by atoms with van der Waals surface area (Å²) in [5, 5.41) is 4.14. The second-order valence-electron chi connectivity index (χ2n) is 6.15. The maximum absolute atomic E-state index is 13.0. The van der Waals surface area contributed by atoms with Gasteiger partial charge in [0, 0.05) is 13.2 Å². The molecule has 3 rings (SSSR count). The molecule has 0 aliphatic rings. The molecule has 1 N–H and O–H groups in total. The monoisotopic (exact) mass is 426 g/mol. The molecular formula is C18H17F3N4O3S. The first kappa shape index (κ1) is 20.8. The van der Waals surface area contributed by atoms with E-state index in [2.05, 4.69) is 14.8 Å². The highest BCUT2D eigenvalue weighted by atomic mass is 32.2. The SMILES string of the molecule is Cc1cc(CNS(=O)(=O)c2ccc(Oc3ncccc3C(F)(F)F)cc2)n(C)n1. The Morgan fingerprint density at radius 1 is 1.17 bits per heavy atom. The molecule has 0 saturated heterocycles. The number of alkyl halides is 3. The van der Waals surface area contributed by atoms with Crippen molar-refractivity contribution in [2.45, 2.75) is 24.5 Å². The number of nitrogens with zero attached hydrogens (tertiary/aromatic N) is 3. The molecule has 0 fully saturated rings. The minimum atomic E-state index is -4.62. The van der Waals surface area contributed by atoms with Gasteiger partial charge in [-0.25, -0.2) is 18.1 Å². The molecule has 0 atom stereocenters. The van der Waals surface area contributed by atoms with Crippen LogP contribution in [0.15, 0.2) is 53.6 Å². The molecule has 3 aromatic rings. The minimum Gasteiger partial charge on any atom is -0.438 e. The van der Waals surface area contributed by atoms with E-state index in [-0.39, 0.29) is 17.2 Å². The van der Waals surface area contributed by atoms with Gasteiger partial charge < -0.3 is 4.74 Å². The largest absolute Gasteiger partial charge is 0.438 e. The molecule has 0 unspecified atom stereocenters. The average Bonchev–Trinajstić information content (AvgIpc) is 2.97. The fraction of sp³-hybridized carbons (Fsp3) is 0.222. The highest BCUT2D eigenvalue weighted by Gasteiger charge is 2.35. The van der Waals surface area contributed by atoms with Crippen LogP contribution in [0.5, 0.6) is 11.6 Å². The van der Waals surface area contributed by atoms with Crippen molar-refractivity contribution in [1.29, 1.82) is 0 Å². The third-order valence-electron chi connectivity index (χ3n) is 3.97. The van der Waals surface area contributed by atoms with E-state index < -0.39 is 27.6 Å². The summed E-state index contributed by atoms with van der Waals surface area (Å²) in [5.74, 6) is -0.587. The van der Waals surface area contributed by atoms with Gasteiger partial charge in [-0.1, -0.05) is 0 Å². The van der Waals surface area contributed by atoms with Crippen LogP contribution in [0, 0.1) is 6.92 Å². The molecule has 0 radical (unpaired) electrons. The van der Waals surface area contributed by atoms with Crippen LogP contribution >= 0.6 is 0 Å². The maximum Gasteiger partial charge on any atom is 0.421 e. The minimum absolute atomic E-state index is 0.0235. The van der Waals surface area contributed by atoms with Gasteiger partial charge in [0.15, 0.2) is 0 Å². The molecule has 1 aromatic carbocycles. The number of halogens is 3. The van der Waals surface area contributed by atoms with Crippen LogP contribution in [0.1, 0.15) is 17.0 Å². The molecule has 2 aromatic heterocycles. The van der Waals surface area contributed by atoms with Crippen molar-refractivity contribution in [3.63, 3.8) is 0 Å². The number of aryl methyl sites for hydroxylation is 2. The molecule has 29 heavy (non-hydrogen) atoms. The van der Waals surface area contributed by atoms with E-state index in [1.807, 2.05) is 0 Å². The zero-order valence-corrected chi connectivity index (χ0v) is 16.3. The quantitative estimate of drug-likeness (QED) is 0.653. The maximum atomic E-state index is 13.0. The number of pyridine rings is 1. The van der Waals surface area contributed by atoms with E-state index in [0.717, 1.165) is 17.8 Å². The second kappa shape index (κ2) is 7.84. The summed E-state index contributed by atoms with van der Waals surface area (Å²) >= 11 is 0. The van der Waals surface area contributed by atoms with Crippen molar-refractivity contribution in [1.82, 2.24) is 19.5 Å². The summed E-state index contributed by atoms with van der Waals surface area (Å²) in [5.41, 5.74) is 0.418. The summed E-state index contributed by atoms with van der Waals surface area (Å²) < 4.78 is 73.1.